The number of fused-ring (bicyclic) bond motifs is 1. The molecule has 0 aliphatic heterocycles. The lowest BCUT2D eigenvalue weighted by Gasteiger charge is -2.09. The van der Waals surface area contributed by atoms with Crippen LogP contribution in [0.4, 0.5) is 0 Å². The van der Waals surface area contributed by atoms with Gasteiger partial charge in [0.25, 0.3) is 0 Å². The summed E-state index contributed by atoms with van der Waals surface area (Å²) in [4.78, 5) is 23.1. The van der Waals surface area contributed by atoms with Gasteiger partial charge in [0.05, 0.1) is 0 Å². The lowest BCUT2D eigenvalue weighted by atomic mass is 10.1. The summed E-state index contributed by atoms with van der Waals surface area (Å²) in [5.41, 5.74) is 3.66. The molecule has 0 unspecified atom stereocenters. The molecule has 1 heterocycles. The summed E-state index contributed by atoms with van der Waals surface area (Å²) < 4.78 is 11.0. The van der Waals surface area contributed by atoms with Gasteiger partial charge in [-0.2, -0.15) is 0 Å². The molecule has 0 aliphatic rings. The number of nitrogens with one attached hydrogen (secondary N) is 1. The van der Waals surface area contributed by atoms with Gasteiger partial charge in [-0.3, -0.25) is 10.2 Å². The Labute approximate surface area is 154 Å². The smallest absolute Gasteiger partial charge is 0.336 e. The Kier molecular flexibility index (Phi) is 5.55. The minimum Gasteiger partial charge on any atom is -0.489 e. The molecule has 0 saturated carbocycles. The van der Waals surface area contributed by atoms with Crippen LogP contribution in [0.1, 0.15) is 17.5 Å². The molecule has 2 aromatic carbocycles. The molecule has 1 aromatic heterocycles. The number of aryl methyl sites for hydroxylation is 1. The van der Waals surface area contributed by atoms with Gasteiger partial charge in [0, 0.05) is 29.0 Å². The van der Waals surface area contributed by atoms with E-state index in [2.05, 4.69) is 5.43 Å². The van der Waals surface area contributed by atoms with E-state index in [9.17, 15) is 9.59 Å². The van der Waals surface area contributed by atoms with Crippen LogP contribution < -0.4 is 21.6 Å². The van der Waals surface area contributed by atoms with Crippen molar-refractivity contribution >= 4 is 28.5 Å². The Balaban J connectivity index is 1.81. The molecule has 3 rings (SSSR count). The lowest BCUT2D eigenvalue weighted by Crippen LogP contribution is -2.30. The zero-order chi connectivity index (χ0) is 18.5. The highest BCUT2D eigenvalue weighted by atomic mass is 35.5. The Morgan fingerprint density at radius 2 is 2.04 bits per heavy atom. The molecule has 7 heteroatoms. The molecular weight excluding hydrogens is 356 g/mol. The van der Waals surface area contributed by atoms with E-state index in [1.54, 1.807) is 24.3 Å². The SMILES string of the molecule is NNC(=O)CCc1cc(=O)oc2cc(OCc3cccc(Cl)c3)ccc12. The number of hydrazine groups is 1. The number of benzene rings is 2. The Hall–Kier alpha value is -2.83. The fourth-order valence-corrected chi connectivity index (χ4v) is 2.83. The molecule has 6 nitrogen and oxygen atoms in total. The Bertz CT molecular complexity index is 1000. The highest BCUT2D eigenvalue weighted by molar-refractivity contribution is 6.30. The predicted molar refractivity (Wildman–Crippen MR) is 98.9 cm³/mol. The summed E-state index contributed by atoms with van der Waals surface area (Å²) >= 11 is 5.96. The van der Waals surface area contributed by atoms with Crippen molar-refractivity contribution in [3.63, 3.8) is 0 Å². The zero-order valence-electron chi connectivity index (χ0n) is 13.8. The maximum absolute atomic E-state index is 11.8. The van der Waals surface area contributed by atoms with Crippen LogP contribution in [-0.4, -0.2) is 5.91 Å². The first-order valence-electron chi connectivity index (χ1n) is 7.98. The Morgan fingerprint density at radius 1 is 1.19 bits per heavy atom. The van der Waals surface area contributed by atoms with Crippen molar-refractivity contribution in [1.82, 2.24) is 5.43 Å². The van der Waals surface area contributed by atoms with Crippen molar-refractivity contribution in [3.8, 4) is 5.75 Å². The lowest BCUT2D eigenvalue weighted by molar-refractivity contribution is -0.121. The minimum atomic E-state index is -0.479. The van der Waals surface area contributed by atoms with E-state index < -0.39 is 5.63 Å². The predicted octanol–water partition coefficient (Wildman–Crippen LogP) is 2.95. The maximum atomic E-state index is 11.8. The number of amides is 1. The second kappa shape index (κ2) is 8.03. The van der Waals surface area contributed by atoms with Gasteiger partial charge in [-0.1, -0.05) is 23.7 Å². The average molecular weight is 373 g/mol. The van der Waals surface area contributed by atoms with Crippen molar-refractivity contribution in [2.45, 2.75) is 19.4 Å². The van der Waals surface area contributed by atoms with Crippen LogP contribution in [0.3, 0.4) is 0 Å². The molecule has 3 N–H and O–H groups in total. The molecule has 3 aromatic rings. The van der Waals surface area contributed by atoms with Crippen LogP contribution >= 0.6 is 11.6 Å². The van der Waals surface area contributed by atoms with Gasteiger partial charge in [0.15, 0.2) is 0 Å². The van der Waals surface area contributed by atoms with Crippen molar-refractivity contribution in [2.75, 3.05) is 0 Å². The molecule has 0 radical (unpaired) electrons. The average Bonchev–Trinajstić information content (AvgIpc) is 2.63. The number of carbonyl (C=O) groups excluding carboxylic acids is 1. The summed E-state index contributed by atoms with van der Waals surface area (Å²) in [6.45, 7) is 0.340. The zero-order valence-corrected chi connectivity index (χ0v) is 14.6. The van der Waals surface area contributed by atoms with Crippen LogP contribution in [0, 0.1) is 0 Å². The first kappa shape index (κ1) is 18.0. The van der Waals surface area contributed by atoms with E-state index in [-0.39, 0.29) is 12.3 Å². The Morgan fingerprint density at radius 3 is 2.81 bits per heavy atom. The van der Waals surface area contributed by atoms with Gasteiger partial charge in [-0.05, 0) is 41.8 Å². The molecule has 0 spiro atoms. The summed E-state index contributed by atoms with van der Waals surface area (Å²) in [5.74, 6) is 5.35. The van der Waals surface area contributed by atoms with E-state index in [4.69, 9.17) is 26.6 Å². The molecule has 1 amide bonds. The molecule has 0 aliphatic carbocycles. The fourth-order valence-electron chi connectivity index (χ4n) is 2.62. The van der Waals surface area contributed by atoms with Crippen LogP contribution in [0.5, 0.6) is 5.75 Å². The molecule has 0 saturated heterocycles. The van der Waals surface area contributed by atoms with Crippen LogP contribution in [0.15, 0.2) is 57.7 Å². The molecule has 0 bridgehead atoms. The number of ether oxygens (including phenoxy) is 1. The maximum Gasteiger partial charge on any atom is 0.336 e. The van der Waals surface area contributed by atoms with Gasteiger partial charge >= 0.3 is 5.63 Å². The highest BCUT2D eigenvalue weighted by Gasteiger charge is 2.09. The standard InChI is InChI=1S/C19H17ClN2O4/c20-14-3-1-2-12(8-14)11-25-15-5-6-16-13(4-7-18(23)22-21)9-19(24)26-17(16)10-15/h1-3,5-6,8-10H,4,7,11,21H2,(H,22,23). The third kappa shape index (κ3) is 4.41. The van der Waals surface area contributed by atoms with Gasteiger partial charge in [-0.15, -0.1) is 0 Å². The van der Waals surface area contributed by atoms with Gasteiger partial charge in [0.2, 0.25) is 5.91 Å². The summed E-state index contributed by atoms with van der Waals surface area (Å²) in [5, 5.41) is 1.39. The van der Waals surface area contributed by atoms with E-state index in [1.165, 1.54) is 6.07 Å². The number of nitrogens with two attached hydrogens (primary N) is 1. The van der Waals surface area contributed by atoms with E-state index in [0.29, 0.717) is 29.4 Å². The number of carbonyl (C=O) groups is 1. The number of rotatable bonds is 6. The third-order valence-corrected chi connectivity index (χ3v) is 4.11. The molecular formula is C19H17ClN2O4. The van der Waals surface area contributed by atoms with Crippen LogP contribution in [0.2, 0.25) is 5.02 Å². The van der Waals surface area contributed by atoms with Crippen molar-refractivity contribution in [3.05, 3.63) is 75.1 Å². The van der Waals surface area contributed by atoms with Crippen LogP contribution in [0.25, 0.3) is 11.0 Å². The minimum absolute atomic E-state index is 0.183. The van der Waals surface area contributed by atoms with Gasteiger partial charge < -0.3 is 9.15 Å². The van der Waals surface area contributed by atoms with Gasteiger partial charge in [0.1, 0.15) is 17.9 Å². The number of halogens is 1. The first-order valence-corrected chi connectivity index (χ1v) is 8.36. The number of hydrogen-bond acceptors (Lipinski definition) is 5. The highest BCUT2D eigenvalue weighted by Crippen LogP contribution is 2.24. The monoisotopic (exact) mass is 372 g/mol. The summed E-state index contributed by atoms with van der Waals surface area (Å²) in [6.07, 6.45) is 0.565. The quantitative estimate of drug-likeness (QED) is 0.300. The topological polar surface area (TPSA) is 94.6 Å². The second-order valence-electron chi connectivity index (χ2n) is 5.73. The first-order chi connectivity index (χ1) is 12.5. The summed E-state index contributed by atoms with van der Waals surface area (Å²) in [7, 11) is 0. The van der Waals surface area contributed by atoms with E-state index in [1.807, 2.05) is 18.2 Å². The fraction of sp³-hybridized carbons (Fsp3) is 0.158. The van der Waals surface area contributed by atoms with Crippen LogP contribution in [-0.2, 0) is 17.8 Å². The van der Waals surface area contributed by atoms with Crippen molar-refractivity contribution < 1.29 is 13.9 Å². The normalized spacial score (nSPS) is 10.7. The van der Waals surface area contributed by atoms with Crippen molar-refractivity contribution in [2.24, 2.45) is 5.84 Å². The summed E-state index contributed by atoms with van der Waals surface area (Å²) in [6, 6.07) is 14.0. The van der Waals surface area contributed by atoms with Gasteiger partial charge in [-0.25, -0.2) is 10.6 Å². The molecule has 26 heavy (non-hydrogen) atoms. The van der Waals surface area contributed by atoms with E-state index >= 15 is 0 Å². The second-order valence-corrected chi connectivity index (χ2v) is 6.17. The molecule has 0 atom stereocenters. The van der Waals surface area contributed by atoms with Crippen molar-refractivity contribution in [1.29, 1.82) is 0 Å². The number of hydrogen-bond donors (Lipinski definition) is 2. The third-order valence-electron chi connectivity index (χ3n) is 3.88. The van der Waals surface area contributed by atoms with E-state index in [0.717, 1.165) is 16.5 Å². The largest absolute Gasteiger partial charge is 0.489 e. The molecule has 0 fully saturated rings. The molecule has 134 valence electrons.